The van der Waals surface area contributed by atoms with E-state index in [4.69, 9.17) is 0 Å². The first-order valence-corrected chi connectivity index (χ1v) is 8.51. The molecule has 0 radical (unpaired) electrons. The highest BCUT2D eigenvalue weighted by Crippen LogP contribution is 2.58. The van der Waals surface area contributed by atoms with Gasteiger partial charge in [-0.15, -0.1) is 0 Å². The molecule has 4 rings (SSSR count). The Kier molecular flexibility index (Phi) is 2.84. The van der Waals surface area contributed by atoms with Crippen molar-refractivity contribution in [3.63, 3.8) is 0 Å². The SMILES string of the molecule is CCC(C)c1cccc2c1CC1(CC2)CC2C=CC1C2. The van der Waals surface area contributed by atoms with Crippen molar-refractivity contribution < 1.29 is 0 Å². The van der Waals surface area contributed by atoms with Crippen molar-refractivity contribution in [1.29, 1.82) is 0 Å². The number of rotatable bonds is 2. The van der Waals surface area contributed by atoms with Gasteiger partial charge in [-0.1, -0.05) is 44.2 Å². The summed E-state index contributed by atoms with van der Waals surface area (Å²) in [5.74, 6) is 2.50. The second-order valence-corrected chi connectivity index (χ2v) is 7.52. The van der Waals surface area contributed by atoms with Gasteiger partial charge in [-0.25, -0.2) is 0 Å². The molecule has 0 nitrogen and oxygen atoms in total. The minimum absolute atomic E-state index is 0.621. The molecule has 0 heterocycles. The number of fused-ring (bicyclic) bond motifs is 4. The first-order valence-electron chi connectivity index (χ1n) is 8.51. The number of aryl methyl sites for hydroxylation is 1. The van der Waals surface area contributed by atoms with E-state index < -0.39 is 0 Å². The molecule has 1 fully saturated rings. The minimum Gasteiger partial charge on any atom is -0.0851 e. The molecular formula is C20H26. The lowest BCUT2D eigenvalue weighted by Crippen LogP contribution is -2.33. The standard InChI is InChI=1S/C20H26/c1-3-14(2)18-6-4-5-16-9-10-20(13-19(16)18)12-15-7-8-17(20)11-15/h4-8,14-15,17H,3,9-13H2,1-2H3. The van der Waals surface area contributed by atoms with Crippen LogP contribution in [-0.2, 0) is 12.8 Å². The van der Waals surface area contributed by atoms with Crippen LogP contribution in [0.15, 0.2) is 30.4 Å². The van der Waals surface area contributed by atoms with Crippen LogP contribution in [0.1, 0.15) is 62.1 Å². The van der Waals surface area contributed by atoms with Gasteiger partial charge in [-0.05, 0) is 78.4 Å². The Morgan fingerprint density at radius 2 is 2.20 bits per heavy atom. The second kappa shape index (κ2) is 4.48. The molecule has 0 heteroatoms. The van der Waals surface area contributed by atoms with Gasteiger partial charge in [0.25, 0.3) is 0 Å². The van der Waals surface area contributed by atoms with Crippen LogP contribution in [0, 0.1) is 17.3 Å². The molecule has 0 N–H and O–H groups in total. The zero-order valence-electron chi connectivity index (χ0n) is 12.9. The molecule has 1 saturated carbocycles. The second-order valence-electron chi connectivity index (χ2n) is 7.52. The molecule has 0 aliphatic heterocycles. The van der Waals surface area contributed by atoms with Crippen molar-refractivity contribution in [1.82, 2.24) is 0 Å². The van der Waals surface area contributed by atoms with Crippen LogP contribution >= 0.6 is 0 Å². The first-order chi connectivity index (χ1) is 9.72. The van der Waals surface area contributed by atoms with Crippen molar-refractivity contribution in [3.05, 3.63) is 47.0 Å². The molecule has 0 amide bonds. The van der Waals surface area contributed by atoms with Crippen molar-refractivity contribution in [2.24, 2.45) is 17.3 Å². The molecular weight excluding hydrogens is 240 g/mol. The van der Waals surface area contributed by atoms with Crippen molar-refractivity contribution in [3.8, 4) is 0 Å². The van der Waals surface area contributed by atoms with Gasteiger partial charge in [-0.2, -0.15) is 0 Å². The summed E-state index contributed by atoms with van der Waals surface area (Å²) in [7, 11) is 0. The summed E-state index contributed by atoms with van der Waals surface area (Å²) in [6.07, 6.45) is 13.3. The maximum Gasteiger partial charge on any atom is -0.0168 e. The summed E-state index contributed by atoms with van der Waals surface area (Å²) in [6, 6.07) is 7.07. The molecule has 2 bridgehead atoms. The maximum absolute atomic E-state index is 2.55. The fourth-order valence-electron chi connectivity index (χ4n) is 5.15. The average molecular weight is 266 g/mol. The predicted molar refractivity (Wildman–Crippen MR) is 85.0 cm³/mol. The Balaban J connectivity index is 1.73. The monoisotopic (exact) mass is 266 g/mol. The molecule has 1 spiro atoms. The van der Waals surface area contributed by atoms with E-state index >= 15 is 0 Å². The van der Waals surface area contributed by atoms with Crippen molar-refractivity contribution >= 4 is 0 Å². The molecule has 3 aliphatic rings. The molecule has 1 aromatic carbocycles. The number of benzene rings is 1. The number of allylic oxidation sites excluding steroid dienone is 2. The summed E-state index contributed by atoms with van der Waals surface area (Å²) in [6.45, 7) is 4.72. The van der Waals surface area contributed by atoms with Gasteiger partial charge < -0.3 is 0 Å². The normalized spacial score (nSPS) is 35.5. The zero-order valence-corrected chi connectivity index (χ0v) is 12.9. The molecule has 4 atom stereocenters. The molecule has 0 saturated heterocycles. The molecule has 1 aromatic rings. The Bertz CT molecular complexity index is 553. The van der Waals surface area contributed by atoms with E-state index in [1.54, 1.807) is 16.7 Å². The van der Waals surface area contributed by atoms with E-state index in [0.717, 1.165) is 11.8 Å². The van der Waals surface area contributed by atoms with Crippen LogP contribution < -0.4 is 0 Å². The van der Waals surface area contributed by atoms with Gasteiger partial charge in [0.1, 0.15) is 0 Å². The van der Waals surface area contributed by atoms with Gasteiger partial charge in [0.2, 0.25) is 0 Å². The molecule has 4 unspecified atom stereocenters. The highest BCUT2D eigenvalue weighted by atomic mass is 14.5. The third-order valence-electron chi connectivity index (χ3n) is 6.50. The van der Waals surface area contributed by atoms with Gasteiger partial charge in [0.05, 0.1) is 0 Å². The van der Waals surface area contributed by atoms with Crippen LogP contribution in [-0.4, -0.2) is 0 Å². The summed E-state index contributed by atoms with van der Waals surface area (Å²) in [5, 5.41) is 0. The van der Waals surface area contributed by atoms with Crippen molar-refractivity contribution in [2.45, 2.75) is 58.3 Å². The van der Waals surface area contributed by atoms with Crippen LogP contribution in [0.25, 0.3) is 0 Å². The Morgan fingerprint density at radius 1 is 1.30 bits per heavy atom. The summed E-state index contributed by atoms with van der Waals surface area (Å²) in [5.41, 5.74) is 5.65. The Hall–Kier alpha value is -1.04. The lowest BCUT2D eigenvalue weighted by Gasteiger charge is -2.41. The van der Waals surface area contributed by atoms with E-state index in [-0.39, 0.29) is 0 Å². The third-order valence-corrected chi connectivity index (χ3v) is 6.50. The van der Waals surface area contributed by atoms with Crippen LogP contribution in [0.3, 0.4) is 0 Å². The van der Waals surface area contributed by atoms with E-state index in [9.17, 15) is 0 Å². The van der Waals surface area contributed by atoms with Gasteiger partial charge in [-0.3, -0.25) is 0 Å². The van der Waals surface area contributed by atoms with Crippen molar-refractivity contribution in [2.75, 3.05) is 0 Å². The number of hydrogen-bond donors (Lipinski definition) is 0. The van der Waals surface area contributed by atoms with Gasteiger partial charge in [0, 0.05) is 0 Å². The molecule has 20 heavy (non-hydrogen) atoms. The van der Waals surface area contributed by atoms with Crippen LogP contribution in [0.4, 0.5) is 0 Å². The zero-order chi connectivity index (χ0) is 13.7. The average Bonchev–Trinajstić information content (AvgIpc) is 3.06. The predicted octanol–water partition coefficient (Wildman–Crippen LogP) is 5.27. The largest absolute Gasteiger partial charge is 0.0851 e. The minimum atomic E-state index is 0.621. The first kappa shape index (κ1) is 12.7. The topological polar surface area (TPSA) is 0 Å². The Labute approximate surface area is 123 Å². The molecule has 3 aliphatic carbocycles. The molecule has 0 aromatic heterocycles. The fourth-order valence-corrected chi connectivity index (χ4v) is 5.15. The highest BCUT2D eigenvalue weighted by Gasteiger charge is 2.49. The van der Waals surface area contributed by atoms with Gasteiger partial charge >= 0.3 is 0 Å². The smallest absolute Gasteiger partial charge is 0.0168 e. The summed E-state index contributed by atoms with van der Waals surface area (Å²) >= 11 is 0. The van der Waals surface area contributed by atoms with Crippen LogP contribution in [0.2, 0.25) is 0 Å². The third kappa shape index (κ3) is 1.73. The van der Waals surface area contributed by atoms with E-state index in [1.165, 1.54) is 38.5 Å². The summed E-state index contributed by atoms with van der Waals surface area (Å²) < 4.78 is 0. The summed E-state index contributed by atoms with van der Waals surface area (Å²) in [4.78, 5) is 0. The quantitative estimate of drug-likeness (QED) is 0.640. The lowest BCUT2D eigenvalue weighted by atomic mass is 9.63. The van der Waals surface area contributed by atoms with Gasteiger partial charge in [0.15, 0.2) is 0 Å². The van der Waals surface area contributed by atoms with Crippen LogP contribution in [0.5, 0.6) is 0 Å². The highest BCUT2D eigenvalue weighted by molar-refractivity contribution is 5.41. The van der Waals surface area contributed by atoms with E-state index in [0.29, 0.717) is 11.3 Å². The maximum atomic E-state index is 2.55. The number of hydrogen-bond acceptors (Lipinski definition) is 0. The Morgan fingerprint density at radius 3 is 2.90 bits per heavy atom. The molecule has 106 valence electrons. The van der Waals surface area contributed by atoms with E-state index in [1.807, 2.05) is 0 Å². The lowest BCUT2D eigenvalue weighted by molar-refractivity contribution is 0.194. The van der Waals surface area contributed by atoms with E-state index in [2.05, 4.69) is 44.2 Å². The fraction of sp³-hybridized carbons (Fsp3) is 0.600.